The number of halogens is 1. The Labute approximate surface area is 175 Å². The molecule has 5 rings (SSSR count). The minimum atomic E-state index is -0.0721. The number of fused-ring (bicyclic) bond motifs is 2. The second-order valence-corrected chi connectivity index (χ2v) is 8.01. The lowest BCUT2D eigenvalue weighted by molar-refractivity contribution is 0.0752. The molecule has 144 valence electrons. The highest BCUT2D eigenvalue weighted by molar-refractivity contribution is 6.30. The zero-order valence-corrected chi connectivity index (χ0v) is 16.9. The molecule has 1 aromatic heterocycles. The highest BCUT2D eigenvalue weighted by Gasteiger charge is 2.38. The second kappa shape index (κ2) is 7.09. The quantitative estimate of drug-likeness (QED) is 0.436. The predicted octanol–water partition coefficient (Wildman–Crippen LogP) is 5.62. The lowest BCUT2D eigenvalue weighted by atomic mass is 9.97. The van der Waals surface area contributed by atoms with Gasteiger partial charge in [-0.25, -0.2) is 0 Å². The van der Waals surface area contributed by atoms with Gasteiger partial charge in [0.1, 0.15) is 0 Å². The summed E-state index contributed by atoms with van der Waals surface area (Å²) >= 11 is 6.02. The van der Waals surface area contributed by atoms with Crippen LogP contribution in [-0.2, 0) is 13.5 Å². The normalized spacial score (nSPS) is 15.9. The minimum Gasteiger partial charge on any atom is -0.350 e. The van der Waals surface area contributed by atoms with E-state index in [0.717, 1.165) is 22.6 Å². The molecule has 0 saturated heterocycles. The first-order chi connectivity index (χ1) is 14.1. The Hall–Kier alpha value is -3.04. The molecule has 1 amide bonds. The third kappa shape index (κ3) is 3.02. The van der Waals surface area contributed by atoms with Gasteiger partial charge in [-0.1, -0.05) is 60.1 Å². The largest absolute Gasteiger partial charge is 0.350 e. The number of para-hydroxylation sites is 1. The number of carbonyl (C=O) groups is 1. The monoisotopic (exact) mass is 400 g/mol. The topological polar surface area (TPSA) is 25.2 Å². The third-order valence-corrected chi connectivity index (χ3v) is 6.09. The van der Waals surface area contributed by atoms with Crippen LogP contribution in [0.15, 0.2) is 79.0 Å². The molecule has 0 unspecified atom stereocenters. The van der Waals surface area contributed by atoms with Gasteiger partial charge in [-0.15, -0.1) is 0 Å². The maximum Gasteiger partial charge on any atom is 0.255 e. The summed E-state index contributed by atoms with van der Waals surface area (Å²) in [6.45, 7) is 0.656. The maximum atomic E-state index is 13.3. The molecule has 4 heteroatoms. The summed E-state index contributed by atoms with van der Waals surface area (Å²) in [6.07, 6.45) is 2.96. The van der Waals surface area contributed by atoms with Crippen LogP contribution in [0.5, 0.6) is 0 Å². The number of carbonyl (C=O) groups excluding carboxylic acids is 1. The first-order valence-corrected chi connectivity index (χ1v) is 10.2. The Morgan fingerprint density at radius 2 is 1.62 bits per heavy atom. The smallest absolute Gasteiger partial charge is 0.255 e. The van der Waals surface area contributed by atoms with Crippen LogP contribution in [0.25, 0.3) is 10.9 Å². The molecule has 0 bridgehead atoms. The van der Waals surface area contributed by atoms with Crippen molar-refractivity contribution in [2.75, 3.05) is 6.54 Å². The highest BCUT2D eigenvalue weighted by Crippen LogP contribution is 2.41. The zero-order valence-electron chi connectivity index (χ0n) is 16.2. The van der Waals surface area contributed by atoms with E-state index in [9.17, 15) is 4.79 Å². The van der Waals surface area contributed by atoms with E-state index in [2.05, 4.69) is 48.1 Å². The third-order valence-electron chi connectivity index (χ3n) is 5.84. The molecule has 0 fully saturated rings. The summed E-state index contributed by atoms with van der Waals surface area (Å²) in [6, 6.07) is 24.2. The van der Waals surface area contributed by atoms with E-state index in [1.165, 1.54) is 22.0 Å². The van der Waals surface area contributed by atoms with E-state index in [0.29, 0.717) is 6.54 Å². The Bertz CT molecular complexity index is 1210. The summed E-state index contributed by atoms with van der Waals surface area (Å²) < 4.78 is 2.15. The molecule has 2 heterocycles. The molecule has 29 heavy (non-hydrogen) atoms. The molecule has 3 aromatic carbocycles. The zero-order chi connectivity index (χ0) is 20.0. The van der Waals surface area contributed by atoms with E-state index < -0.39 is 0 Å². The van der Waals surface area contributed by atoms with E-state index in [1.807, 2.05) is 47.4 Å². The van der Waals surface area contributed by atoms with Crippen LogP contribution in [0.1, 0.15) is 33.1 Å². The van der Waals surface area contributed by atoms with Crippen molar-refractivity contribution in [3.63, 3.8) is 0 Å². The van der Waals surface area contributed by atoms with Crippen LogP contribution in [-0.4, -0.2) is 21.9 Å². The molecule has 0 radical (unpaired) electrons. The van der Waals surface area contributed by atoms with Gasteiger partial charge >= 0.3 is 0 Å². The summed E-state index contributed by atoms with van der Waals surface area (Å²) in [5.41, 5.74) is 5.43. The van der Waals surface area contributed by atoms with Crippen molar-refractivity contribution in [3.8, 4) is 0 Å². The van der Waals surface area contributed by atoms with Crippen LogP contribution in [0, 0.1) is 0 Å². The van der Waals surface area contributed by atoms with Crippen LogP contribution in [0.4, 0.5) is 0 Å². The lowest BCUT2D eigenvalue weighted by Gasteiger charge is -2.25. The number of rotatable bonds is 4. The van der Waals surface area contributed by atoms with Crippen molar-refractivity contribution >= 4 is 28.4 Å². The standard InChI is InChI=1S/C25H21ClN2O/c1-27-16-22(19-6-4-5-9-23(19)27)24-20-7-2-3-8-21(20)25(29)28(24)15-14-17-10-12-18(26)13-11-17/h2-13,16,24H,14-15H2,1H3/t24-/m0/s1. The fourth-order valence-electron chi connectivity index (χ4n) is 4.43. The number of hydrogen-bond acceptors (Lipinski definition) is 1. The SMILES string of the molecule is Cn1cc([C@@H]2c3ccccc3C(=O)N2CCc2ccc(Cl)cc2)c2ccccc21. The summed E-state index contributed by atoms with van der Waals surface area (Å²) in [7, 11) is 2.06. The number of hydrogen-bond donors (Lipinski definition) is 0. The average Bonchev–Trinajstić information content (AvgIpc) is 3.22. The minimum absolute atomic E-state index is 0.0721. The van der Waals surface area contributed by atoms with Gasteiger partial charge in [0.2, 0.25) is 0 Å². The van der Waals surface area contributed by atoms with Crippen molar-refractivity contribution in [2.24, 2.45) is 7.05 Å². The summed E-state index contributed by atoms with van der Waals surface area (Å²) in [5, 5.41) is 1.92. The lowest BCUT2D eigenvalue weighted by Crippen LogP contribution is -2.30. The fourth-order valence-corrected chi connectivity index (χ4v) is 4.55. The molecule has 1 aliphatic rings. The van der Waals surface area contributed by atoms with Crippen LogP contribution >= 0.6 is 11.6 Å². The number of nitrogens with zero attached hydrogens (tertiary/aromatic N) is 2. The van der Waals surface area contributed by atoms with E-state index in [-0.39, 0.29) is 11.9 Å². The molecule has 1 aliphatic heterocycles. The molecule has 0 spiro atoms. The summed E-state index contributed by atoms with van der Waals surface area (Å²) in [4.78, 5) is 15.3. The van der Waals surface area contributed by atoms with Gasteiger partial charge in [-0.2, -0.15) is 0 Å². The number of benzene rings is 3. The molecule has 0 aliphatic carbocycles. The highest BCUT2D eigenvalue weighted by atomic mass is 35.5. The van der Waals surface area contributed by atoms with Gasteiger partial charge in [-0.3, -0.25) is 4.79 Å². The molecule has 0 N–H and O–H groups in total. The Kier molecular flexibility index (Phi) is 4.40. The van der Waals surface area contributed by atoms with Gasteiger partial charge in [0, 0.05) is 46.8 Å². The van der Waals surface area contributed by atoms with Crippen molar-refractivity contribution < 1.29 is 4.79 Å². The molecular formula is C25H21ClN2O. The molecule has 0 saturated carbocycles. The first kappa shape index (κ1) is 18.0. The molecule has 4 aromatic rings. The van der Waals surface area contributed by atoms with Gasteiger partial charge in [0.15, 0.2) is 0 Å². The Balaban J connectivity index is 1.57. The molecule has 1 atom stereocenters. The van der Waals surface area contributed by atoms with Crippen LogP contribution in [0.3, 0.4) is 0 Å². The predicted molar refractivity (Wildman–Crippen MR) is 117 cm³/mol. The number of amides is 1. The van der Waals surface area contributed by atoms with Crippen molar-refractivity contribution in [1.29, 1.82) is 0 Å². The van der Waals surface area contributed by atoms with E-state index in [4.69, 9.17) is 11.6 Å². The second-order valence-electron chi connectivity index (χ2n) is 7.58. The Morgan fingerprint density at radius 3 is 2.45 bits per heavy atom. The van der Waals surface area contributed by atoms with Crippen molar-refractivity contribution in [1.82, 2.24) is 9.47 Å². The van der Waals surface area contributed by atoms with E-state index >= 15 is 0 Å². The van der Waals surface area contributed by atoms with Crippen LogP contribution in [0.2, 0.25) is 5.02 Å². The summed E-state index contributed by atoms with van der Waals surface area (Å²) in [5.74, 6) is 0.104. The van der Waals surface area contributed by atoms with Crippen molar-refractivity contribution in [2.45, 2.75) is 12.5 Å². The average molecular weight is 401 g/mol. The van der Waals surface area contributed by atoms with Gasteiger partial charge < -0.3 is 9.47 Å². The number of aromatic nitrogens is 1. The first-order valence-electron chi connectivity index (χ1n) is 9.82. The van der Waals surface area contributed by atoms with E-state index in [1.54, 1.807) is 0 Å². The van der Waals surface area contributed by atoms with Crippen LogP contribution < -0.4 is 0 Å². The molecule has 3 nitrogen and oxygen atoms in total. The fraction of sp³-hybridized carbons (Fsp3) is 0.160. The van der Waals surface area contributed by atoms with Gasteiger partial charge in [-0.05, 0) is 41.8 Å². The molecular weight excluding hydrogens is 380 g/mol. The van der Waals surface area contributed by atoms with Gasteiger partial charge in [0.05, 0.1) is 6.04 Å². The van der Waals surface area contributed by atoms with Crippen molar-refractivity contribution in [3.05, 3.63) is 106 Å². The number of aryl methyl sites for hydroxylation is 1. The Morgan fingerprint density at radius 1 is 0.897 bits per heavy atom. The maximum absolute atomic E-state index is 13.3. The van der Waals surface area contributed by atoms with Gasteiger partial charge in [0.25, 0.3) is 5.91 Å².